The van der Waals surface area contributed by atoms with Crippen LogP contribution in [0.15, 0.2) is 48.7 Å². The third-order valence-corrected chi connectivity index (χ3v) is 7.38. The smallest absolute Gasteiger partial charge is 0.247 e. The topological polar surface area (TPSA) is 91.4 Å². The summed E-state index contributed by atoms with van der Waals surface area (Å²) < 4.78 is 0. The first kappa shape index (κ1) is 25.9. The lowest BCUT2D eigenvalue weighted by molar-refractivity contribution is -0.145. The quantitative estimate of drug-likeness (QED) is 0.513. The Morgan fingerprint density at radius 2 is 1.61 bits per heavy atom. The van der Waals surface area contributed by atoms with Crippen LogP contribution < -0.4 is 10.6 Å². The minimum Gasteiger partial charge on any atom is -0.351 e. The third-order valence-electron chi connectivity index (χ3n) is 7.38. The number of aromatic nitrogens is 1. The summed E-state index contributed by atoms with van der Waals surface area (Å²) in [5, 5.41) is 6.00. The van der Waals surface area contributed by atoms with Crippen molar-refractivity contribution in [2.24, 2.45) is 0 Å². The lowest BCUT2D eigenvalue weighted by Crippen LogP contribution is -2.50. The van der Waals surface area contributed by atoms with Crippen molar-refractivity contribution in [1.82, 2.24) is 15.2 Å². The van der Waals surface area contributed by atoms with E-state index in [1.807, 2.05) is 36.1 Å². The largest absolute Gasteiger partial charge is 0.351 e. The molecule has 192 valence electrons. The molecule has 2 aliphatic carbocycles. The molecule has 4 rings (SSSR count). The van der Waals surface area contributed by atoms with E-state index in [4.69, 9.17) is 0 Å². The molecule has 2 aliphatic rings. The standard InChI is InChI=1S/C29H38N4O3/c1-21-14-16-22(17-15-21)28(29(36)31-23-9-5-6-10-23)33(24-11-3-2-4-12-24)27(35)19-18-26(34)32-25-13-7-8-20-30-25/h7-8,13-17,20,23-24,28H,2-6,9-12,18-19H2,1H3,(H,31,36)(H,30,32,34)/t28-/m0/s1. The van der Waals surface area contributed by atoms with Gasteiger partial charge in [-0.2, -0.15) is 0 Å². The highest BCUT2D eigenvalue weighted by Crippen LogP contribution is 2.32. The predicted octanol–water partition coefficient (Wildman–Crippen LogP) is 5.07. The van der Waals surface area contributed by atoms with E-state index in [-0.39, 0.29) is 42.6 Å². The van der Waals surface area contributed by atoms with E-state index in [0.29, 0.717) is 5.82 Å². The van der Waals surface area contributed by atoms with Crippen molar-refractivity contribution in [3.8, 4) is 0 Å². The molecule has 0 unspecified atom stereocenters. The average Bonchev–Trinajstić information content (AvgIpc) is 3.40. The van der Waals surface area contributed by atoms with Crippen molar-refractivity contribution in [2.75, 3.05) is 5.32 Å². The summed E-state index contributed by atoms with van der Waals surface area (Å²) in [5.74, 6) is -0.0478. The second-order valence-corrected chi connectivity index (χ2v) is 10.2. The summed E-state index contributed by atoms with van der Waals surface area (Å²) in [5.41, 5.74) is 1.93. The van der Waals surface area contributed by atoms with Gasteiger partial charge >= 0.3 is 0 Å². The molecular formula is C29H38N4O3. The molecule has 1 aromatic heterocycles. The molecule has 1 heterocycles. The number of anilines is 1. The van der Waals surface area contributed by atoms with E-state index in [1.165, 1.54) is 0 Å². The number of carbonyl (C=O) groups is 3. The molecule has 2 aromatic rings. The van der Waals surface area contributed by atoms with Crippen LogP contribution in [0.4, 0.5) is 5.82 Å². The summed E-state index contributed by atoms with van der Waals surface area (Å²) >= 11 is 0. The molecule has 2 fully saturated rings. The molecule has 36 heavy (non-hydrogen) atoms. The summed E-state index contributed by atoms with van der Waals surface area (Å²) in [4.78, 5) is 46.0. The van der Waals surface area contributed by atoms with Gasteiger partial charge in [-0.05, 0) is 50.3 Å². The Kier molecular flexibility index (Phi) is 9.09. The van der Waals surface area contributed by atoms with Crippen molar-refractivity contribution in [3.05, 3.63) is 59.8 Å². The van der Waals surface area contributed by atoms with Gasteiger partial charge in [-0.15, -0.1) is 0 Å². The second kappa shape index (κ2) is 12.7. The number of nitrogens with zero attached hydrogens (tertiary/aromatic N) is 2. The summed E-state index contributed by atoms with van der Waals surface area (Å²) in [6.45, 7) is 2.02. The van der Waals surface area contributed by atoms with Crippen molar-refractivity contribution in [1.29, 1.82) is 0 Å². The first-order valence-corrected chi connectivity index (χ1v) is 13.4. The van der Waals surface area contributed by atoms with Crippen LogP contribution in [0.3, 0.4) is 0 Å². The van der Waals surface area contributed by atoms with Crippen LogP contribution in [0.2, 0.25) is 0 Å². The van der Waals surface area contributed by atoms with Crippen LogP contribution in [-0.4, -0.2) is 39.7 Å². The Balaban J connectivity index is 1.55. The molecule has 2 N–H and O–H groups in total. The molecule has 7 heteroatoms. The van der Waals surface area contributed by atoms with Gasteiger partial charge in [0.2, 0.25) is 17.7 Å². The average molecular weight is 491 g/mol. The molecule has 7 nitrogen and oxygen atoms in total. The highest BCUT2D eigenvalue weighted by Gasteiger charge is 2.37. The van der Waals surface area contributed by atoms with Crippen molar-refractivity contribution < 1.29 is 14.4 Å². The number of benzene rings is 1. The van der Waals surface area contributed by atoms with Gasteiger partial charge in [0, 0.05) is 31.1 Å². The monoisotopic (exact) mass is 490 g/mol. The number of pyridine rings is 1. The SMILES string of the molecule is Cc1ccc([C@@H](C(=O)NC2CCCC2)N(C(=O)CCC(=O)Nc2ccccn2)C2CCCCC2)cc1. The van der Waals surface area contributed by atoms with Gasteiger partial charge in [-0.25, -0.2) is 4.98 Å². The van der Waals surface area contributed by atoms with Gasteiger partial charge in [0.25, 0.3) is 0 Å². The highest BCUT2D eigenvalue weighted by atomic mass is 16.2. The summed E-state index contributed by atoms with van der Waals surface area (Å²) in [7, 11) is 0. The van der Waals surface area contributed by atoms with Crippen LogP contribution >= 0.6 is 0 Å². The van der Waals surface area contributed by atoms with Crippen molar-refractivity contribution >= 4 is 23.5 Å². The molecule has 1 aromatic carbocycles. The van der Waals surface area contributed by atoms with Crippen LogP contribution in [0.1, 0.15) is 87.8 Å². The lowest BCUT2D eigenvalue weighted by Gasteiger charge is -2.40. The number of hydrogen-bond acceptors (Lipinski definition) is 4. The van der Waals surface area contributed by atoms with Gasteiger partial charge in [0.05, 0.1) is 0 Å². The second-order valence-electron chi connectivity index (χ2n) is 10.2. The number of nitrogens with one attached hydrogen (secondary N) is 2. The Morgan fingerprint density at radius 1 is 0.917 bits per heavy atom. The molecule has 1 atom stereocenters. The lowest BCUT2D eigenvalue weighted by atomic mass is 9.90. The minimum atomic E-state index is -0.694. The maximum Gasteiger partial charge on any atom is 0.247 e. The first-order chi connectivity index (χ1) is 17.5. The van der Waals surface area contributed by atoms with E-state index in [0.717, 1.165) is 68.9 Å². The molecule has 2 saturated carbocycles. The summed E-state index contributed by atoms with van der Waals surface area (Å²) in [6.07, 6.45) is 10.9. The molecule has 0 bridgehead atoms. The number of amides is 3. The summed E-state index contributed by atoms with van der Waals surface area (Å²) in [6, 6.07) is 12.7. The van der Waals surface area contributed by atoms with Gasteiger partial charge in [-0.3, -0.25) is 14.4 Å². The van der Waals surface area contributed by atoms with Crippen LogP contribution in [0.5, 0.6) is 0 Å². The van der Waals surface area contributed by atoms with E-state index < -0.39 is 6.04 Å². The highest BCUT2D eigenvalue weighted by molar-refractivity contribution is 5.94. The van der Waals surface area contributed by atoms with Gasteiger partial charge in [-0.1, -0.05) is 68.0 Å². The van der Waals surface area contributed by atoms with Crippen molar-refractivity contribution in [3.63, 3.8) is 0 Å². The van der Waals surface area contributed by atoms with E-state index >= 15 is 0 Å². The first-order valence-electron chi connectivity index (χ1n) is 13.4. The van der Waals surface area contributed by atoms with Crippen LogP contribution in [-0.2, 0) is 14.4 Å². The zero-order valence-electron chi connectivity index (χ0n) is 21.2. The molecule has 0 radical (unpaired) electrons. The van der Waals surface area contributed by atoms with Crippen molar-refractivity contribution in [2.45, 2.75) is 95.7 Å². The van der Waals surface area contributed by atoms with Gasteiger partial charge in [0.15, 0.2) is 0 Å². The number of hydrogen-bond donors (Lipinski definition) is 2. The maximum atomic E-state index is 13.8. The van der Waals surface area contributed by atoms with Gasteiger partial charge < -0.3 is 15.5 Å². The fourth-order valence-electron chi connectivity index (χ4n) is 5.45. The van der Waals surface area contributed by atoms with E-state index in [1.54, 1.807) is 24.4 Å². The Labute approximate surface area is 214 Å². The molecule has 0 saturated heterocycles. The van der Waals surface area contributed by atoms with Crippen LogP contribution in [0, 0.1) is 6.92 Å². The molecule has 3 amide bonds. The minimum absolute atomic E-state index is 0.00858. The van der Waals surface area contributed by atoms with Gasteiger partial charge in [0.1, 0.15) is 11.9 Å². The predicted molar refractivity (Wildman–Crippen MR) is 140 cm³/mol. The maximum absolute atomic E-state index is 13.8. The van der Waals surface area contributed by atoms with Crippen LogP contribution in [0.25, 0.3) is 0 Å². The molecule has 0 spiro atoms. The zero-order valence-corrected chi connectivity index (χ0v) is 21.2. The Bertz CT molecular complexity index is 1010. The Hall–Kier alpha value is -3.22. The fourth-order valence-corrected chi connectivity index (χ4v) is 5.45. The number of carbonyl (C=O) groups excluding carboxylic acids is 3. The Morgan fingerprint density at radius 3 is 2.28 bits per heavy atom. The number of aryl methyl sites for hydroxylation is 1. The fraction of sp³-hybridized carbons (Fsp3) is 0.517. The molecule has 0 aliphatic heterocycles. The zero-order chi connectivity index (χ0) is 25.3. The van der Waals surface area contributed by atoms with E-state index in [2.05, 4.69) is 15.6 Å². The third kappa shape index (κ3) is 6.93. The van der Waals surface area contributed by atoms with E-state index in [9.17, 15) is 14.4 Å². The number of rotatable bonds is 9. The molecular weight excluding hydrogens is 452 g/mol. The normalized spacial score (nSPS) is 17.4.